The predicted molar refractivity (Wildman–Crippen MR) is 68.7 cm³/mol. The van der Waals surface area contributed by atoms with Crippen molar-refractivity contribution in [2.45, 2.75) is 6.92 Å². The first kappa shape index (κ1) is 10.7. The van der Waals surface area contributed by atoms with Crippen molar-refractivity contribution >= 4 is 5.69 Å². The van der Waals surface area contributed by atoms with Gasteiger partial charge in [-0.1, -0.05) is 18.2 Å². The standard InChI is InChI=1S/C14H16N2/c1-11-5-4-10-15-14(11)12-6-8-13(9-7-12)16(2)3/h4-10H,1-3H3. The summed E-state index contributed by atoms with van der Waals surface area (Å²) in [5, 5.41) is 0. The Morgan fingerprint density at radius 1 is 1.00 bits per heavy atom. The molecule has 0 saturated carbocycles. The van der Waals surface area contributed by atoms with Crippen LogP contribution < -0.4 is 4.90 Å². The highest BCUT2D eigenvalue weighted by atomic mass is 15.1. The summed E-state index contributed by atoms with van der Waals surface area (Å²) in [6.45, 7) is 2.09. The molecule has 0 unspecified atom stereocenters. The van der Waals surface area contributed by atoms with Crippen LogP contribution >= 0.6 is 0 Å². The van der Waals surface area contributed by atoms with Gasteiger partial charge in [0.25, 0.3) is 0 Å². The summed E-state index contributed by atoms with van der Waals surface area (Å²) >= 11 is 0. The number of anilines is 1. The van der Waals surface area contributed by atoms with Gasteiger partial charge in [0.1, 0.15) is 0 Å². The van der Waals surface area contributed by atoms with E-state index in [9.17, 15) is 0 Å². The molecule has 2 aromatic rings. The Hall–Kier alpha value is -1.83. The molecule has 0 atom stereocenters. The van der Waals surface area contributed by atoms with E-state index in [1.807, 2.05) is 26.4 Å². The van der Waals surface area contributed by atoms with Crippen LogP contribution in [0, 0.1) is 6.92 Å². The largest absolute Gasteiger partial charge is 0.378 e. The Bertz CT molecular complexity index is 472. The molecule has 2 rings (SSSR count). The summed E-state index contributed by atoms with van der Waals surface area (Å²) in [5.41, 5.74) is 4.65. The van der Waals surface area contributed by atoms with Crippen LogP contribution in [0.2, 0.25) is 0 Å². The van der Waals surface area contributed by atoms with Crippen molar-refractivity contribution in [1.82, 2.24) is 4.98 Å². The second-order valence-electron chi connectivity index (χ2n) is 4.11. The van der Waals surface area contributed by atoms with Gasteiger partial charge in [-0.3, -0.25) is 4.98 Å². The molecule has 0 bridgehead atoms. The highest BCUT2D eigenvalue weighted by molar-refractivity contribution is 5.65. The number of hydrogen-bond donors (Lipinski definition) is 0. The Morgan fingerprint density at radius 2 is 1.69 bits per heavy atom. The summed E-state index contributed by atoms with van der Waals surface area (Å²) in [7, 11) is 4.09. The van der Waals surface area contributed by atoms with Crippen LogP contribution in [0.3, 0.4) is 0 Å². The van der Waals surface area contributed by atoms with E-state index in [2.05, 4.69) is 47.1 Å². The number of aryl methyl sites for hydroxylation is 1. The lowest BCUT2D eigenvalue weighted by Gasteiger charge is -2.13. The first-order valence-electron chi connectivity index (χ1n) is 5.38. The van der Waals surface area contributed by atoms with Crippen molar-refractivity contribution in [2.75, 3.05) is 19.0 Å². The Labute approximate surface area is 96.6 Å². The first-order chi connectivity index (χ1) is 7.68. The molecular weight excluding hydrogens is 196 g/mol. The summed E-state index contributed by atoms with van der Waals surface area (Å²) in [6.07, 6.45) is 1.84. The molecule has 0 saturated heterocycles. The molecule has 0 fully saturated rings. The van der Waals surface area contributed by atoms with E-state index in [0.717, 1.165) is 5.69 Å². The highest BCUT2D eigenvalue weighted by Crippen LogP contribution is 2.22. The molecule has 0 aliphatic heterocycles. The van der Waals surface area contributed by atoms with Gasteiger partial charge in [0, 0.05) is 31.5 Å². The van der Waals surface area contributed by atoms with Gasteiger partial charge in [-0.2, -0.15) is 0 Å². The zero-order valence-electron chi connectivity index (χ0n) is 9.94. The number of aromatic nitrogens is 1. The minimum absolute atomic E-state index is 1.06. The summed E-state index contributed by atoms with van der Waals surface area (Å²) in [6, 6.07) is 12.5. The van der Waals surface area contributed by atoms with Crippen LogP contribution in [0.5, 0.6) is 0 Å². The maximum absolute atomic E-state index is 4.41. The molecule has 0 amide bonds. The number of nitrogens with zero attached hydrogens (tertiary/aromatic N) is 2. The molecule has 1 aromatic heterocycles. The first-order valence-corrected chi connectivity index (χ1v) is 5.38. The molecule has 0 aliphatic carbocycles. The summed E-state index contributed by atoms with van der Waals surface area (Å²) < 4.78 is 0. The summed E-state index contributed by atoms with van der Waals surface area (Å²) in [5.74, 6) is 0. The average Bonchev–Trinajstić information content (AvgIpc) is 2.30. The van der Waals surface area contributed by atoms with Gasteiger partial charge < -0.3 is 4.90 Å². The topological polar surface area (TPSA) is 16.1 Å². The Morgan fingerprint density at radius 3 is 2.25 bits per heavy atom. The quantitative estimate of drug-likeness (QED) is 0.760. The van der Waals surface area contributed by atoms with Crippen LogP contribution in [0.25, 0.3) is 11.3 Å². The van der Waals surface area contributed by atoms with E-state index in [1.54, 1.807) is 0 Å². The molecular formula is C14H16N2. The lowest BCUT2D eigenvalue weighted by Crippen LogP contribution is -2.07. The van der Waals surface area contributed by atoms with Crippen LogP contribution in [-0.4, -0.2) is 19.1 Å². The molecule has 2 nitrogen and oxygen atoms in total. The lowest BCUT2D eigenvalue weighted by atomic mass is 10.1. The zero-order valence-corrected chi connectivity index (χ0v) is 9.94. The van der Waals surface area contributed by atoms with Gasteiger partial charge in [-0.15, -0.1) is 0 Å². The maximum atomic E-state index is 4.41. The third-order valence-electron chi connectivity index (χ3n) is 2.67. The smallest absolute Gasteiger partial charge is 0.0731 e. The third-order valence-corrected chi connectivity index (χ3v) is 2.67. The molecule has 2 heteroatoms. The van der Waals surface area contributed by atoms with Gasteiger partial charge >= 0.3 is 0 Å². The van der Waals surface area contributed by atoms with E-state index in [0.29, 0.717) is 0 Å². The minimum atomic E-state index is 1.06. The normalized spacial score (nSPS) is 10.2. The molecule has 82 valence electrons. The van der Waals surface area contributed by atoms with Crippen LogP contribution in [0.1, 0.15) is 5.56 Å². The van der Waals surface area contributed by atoms with Gasteiger partial charge in [-0.25, -0.2) is 0 Å². The number of rotatable bonds is 2. The van der Waals surface area contributed by atoms with Gasteiger partial charge in [-0.05, 0) is 30.7 Å². The second kappa shape index (κ2) is 4.35. The molecule has 0 radical (unpaired) electrons. The Kier molecular flexibility index (Phi) is 2.91. The van der Waals surface area contributed by atoms with E-state index in [1.165, 1.54) is 16.8 Å². The van der Waals surface area contributed by atoms with Crippen molar-refractivity contribution in [1.29, 1.82) is 0 Å². The molecule has 0 aliphatic rings. The monoisotopic (exact) mass is 212 g/mol. The molecule has 0 spiro atoms. The molecule has 1 aromatic carbocycles. The van der Waals surface area contributed by atoms with Gasteiger partial charge in [0.05, 0.1) is 5.69 Å². The number of benzene rings is 1. The fourth-order valence-electron chi connectivity index (χ4n) is 1.71. The Balaban J connectivity index is 2.39. The fraction of sp³-hybridized carbons (Fsp3) is 0.214. The molecule has 16 heavy (non-hydrogen) atoms. The number of hydrogen-bond acceptors (Lipinski definition) is 2. The van der Waals surface area contributed by atoms with E-state index >= 15 is 0 Å². The lowest BCUT2D eigenvalue weighted by molar-refractivity contribution is 1.13. The van der Waals surface area contributed by atoms with E-state index in [4.69, 9.17) is 0 Å². The van der Waals surface area contributed by atoms with Gasteiger partial charge in [0.2, 0.25) is 0 Å². The number of pyridine rings is 1. The zero-order chi connectivity index (χ0) is 11.5. The van der Waals surface area contributed by atoms with Crippen molar-refractivity contribution < 1.29 is 0 Å². The fourth-order valence-corrected chi connectivity index (χ4v) is 1.71. The predicted octanol–water partition coefficient (Wildman–Crippen LogP) is 3.12. The van der Waals surface area contributed by atoms with Crippen molar-refractivity contribution in [2.24, 2.45) is 0 Å². The third kappa shape index (κ3) is 2.06. The van der Waals surface area contributed by atoms with Crippen molar-refractivity contribution in [3.63, 3.8) is 0 Å². The van der Waals surface area contributed by atoms with E-state index in [-0.39, 0.29) is 0 Å². The molecule has 0 N–H and O–H groups in total. The maximum Gasteiger partial charge on any atom is 0.0731 e. The average molecular weight is 212 g/mol. The van der Waals surface area contributed by atoms with Crippen LogP contribution in [0.4, 0.5) is 5.69 Å². The van der Waals surface area contributed by atoms with Crippen molar-refractivity contribution in [3.05, 3.63) is 48.2 Å². The second-order valence-corrected chi connectivity index (χ2v) is 4.11. The van der Waals surface area contributed by atoms with Crippen LogP contribution in [-0.2, 0) is 0 Å². The van der Waals surface area contributed by atoms with Gasteiger partial charge in [0.15, 0.2) is 0 Å². The highest BCUT2D eigenvalue weighted by Gasteiger charge is 2.02. The summed E-state index contributed by atoms with van der Waals surface area (Å²) in [4.78, 5) is 6.50. The van der Waals surface area contributed by atoms with E-state index < -0.39 is 0 Å². The van der Waals surface area contributed by atoms with Crippen LogP contribution in [0.15, 0.2) is 42.6 Å². The molecule has 1 heterocycles. The van der Waals surface area contributed by atoms with Crippen molar-refractivity contribution in [3.8, 4) is 11.3 Å². The SMILES string of the molecule is Cc1cccnc1-c1ccc(N(C)C)cc1. The minimum Gasteiger partial charge on any atom is -0.378 e.